The van der Waals surface area contributed by atoms with E-state index in [-0.39, 0.29) is 5.92 Å². The maximum atomic E-state index is 10.3. The van der Waals surface area contributed by atoms with Gasteiger partial charge < -0.3 is 0 Å². The molecule has 2 aromatic carbocycles. The second-order valence-corrected chi connectivity index (χ2v) is 10.2. The van der Waals surface area contributed by atoms with Crippen molar-refractivity contribution in [3.63, 3.8) is 0 Å². The zero-order chi connectivity index (χ0) is 21.6. The van der Waals surface area contributed by atoms with Gasteiger partial charge in [0.05, 0.1) is 11.5 Å². The van der Waals surface area contributed by atoms with Crippen molar-refractivity contribution in [2.24, 2.45) is 5.92 Å². The zero-order valence-corrected chi connectivity index (χ0v) is 21.3. The van der Waals surface area contributed by atoms with Crippen LogP contribution in [0.15, 0.2) is 57.5 Å². The number of hydrogen-bond acceptors (Lipinski definition) is 2. The highest BCUT2D eigenvalue weighted by Crippen LogP contribution is 2.44. The van der Waals surface area contributed by atoms with Gasteiger partial charge in [-0.05, 0) is 57.2 Å². The van der Waals surface area contributed by atoms with Crippen LogP contribution in [0.4, 0.5) is 0 Å². The average Bonchev–Trinajstić information content (AvgIpc) is 2.68. The number of rotatable bonds is 9. The summed E-state index contributed by atoms with van der Waals surface area (Å²) >= 11 is 7.41. The first-order valence-corrected chi connectivity index (χ1v) is 12.0. The summed E-state index contributed by atoms with van der Waals surface area (Å²) in [6.45, 7) is 12.0. The van der Waals surface area contributed by atoms with E-state index in [4.69, 9.17) is 0 Å². The van der Waals surface area contributed by atoms with Crippen LogP contribution in [-0.2, 0) is 12.0 Å². The molecule has 2 aromatic rings. The van der Waals surface area contributed by atoms with Crippen molar-refractivity contribution >= 4 is 31.9 Å². The predicted molar refractivity (Wildman–Crippen MR) is 130 cm³/mol. The number of nitriles is 1. The molecule has 2 unspecified atom stereocenters. The minimum absolute atomic E-state index is 0.205. The lowest BCUT2D eigenvalue weighted by Gasteiger charge is -2.37. The van der Waals surface area contributed by atoms with E-state index in [9.17, 15) is 5.26 Å². The second-order valence-electron chi connectivity index (χ2n) is 8.47. The Morgan fingerprint density at radius 3 is 2.00 bits per heavy atom. The molecular weight excluding hydrogens is 488 g/mol. The molecule has 0 aliphatic carbocycles. The highest BCUT2D eigenvalue weighted by Gasteiger charge is 2.39. The smallest absolute Gasteiger partial charge is 0.0867 e. The molecule has 29 heavy (non-hydrogen) atoms. The molecule has 0 aromatic heterocycles. The van der Waals surface area contributed by atoms with Gasteiger partial charge in [0.25, 0.3) is 0 Å². The van der Waals surface area contributed by atoms with Crippen molar-refractivity contribution in [2.75, 3.05) is 0 Å². The van der Waals surface area contributed by atoms with Gasteiger partial charge in [-0.3, -0.25) is 4.90 Å². The molecule has 0 N–H and O–H groups in total. The molecule has 2 atom stereocenters. The lowest BCUT2D eigenvalue weighted by molar-refractivity contribution is 0.138. The van der Waals surface area contributed by atoms with Crippen molar-refractivity contribution in [2.45, 2.75) is 71.5 Å². The van der Waals surface area contributed by atoms with Crippen LogP contribution in [0, 0.1) is 17.2 Å². The molecule has 4 heteroatoms. The topological polar surface area (TPSA) is 27.0 Å². The summed E-state index contributed by atoms with van der Waals surface area (Å²) in [5.74, 6) is 0.205. The van der Waals surface area contributed by atoms with E-state index in [1.807, 2.05) is 18.2 Å². The number of benzene rings is 2. The van der Waals surface area contributed by atoms with Gasteiger partial charge in [-0.15, -0.1) is 0 Å². The summed E-state index contributed by atoms with van der Waals surface area (Å²) in [5.41, 5.74) is 1.86. The van der Waals surface area contributed by atoms with E-state index in [0.717, 1.165) is 33.9 Å². The number of nitrogens with zero attached hydrogens (tertiary/aromatic N) is 2. The summed E-state index contributed by atoms with van der Waals surface area (Å²) in [6.07, 6.45) is 1.78. The Kier molecular flexibility index (Phi) is 8.94. The van der Waals surface area contributed by atoms with Gasteiger partial charge in [0, 0.05) is 33.1 Å². The van der Waals surface area contributed by atoms with E-state index >= 15 is 0 Å². The molecule has 0 aliphatic heterocycles. The fraction of sp³-hybridized carbons (Fsp3) is 0.480. The van der Waals surface area contributed by atoms with Crippen LogP contribution >= 0.6 is 31.9 Å². The maximum Gasteiger partial charge on any atom is 0.0867 e. The summed E-state index contributed by atoms with van der Waals surface area (Å²) < 4.78 is 2.00. The van der Waals surface area contributed by atoms with E-state index in [1.54, 1.807) is 0 Å². The minimum Gasteiger partial charge on any atom is -0.294 e. The maximum absolute atomic E-state index is 10.3. The van der Waals surface area contributed by atoms with Crippen molar-refractivity contribution in [1.29, 1.82) is 5.26 Å². The van der Waals surface area contributed by atoms with Crippen LogP contribution in [0.5, 0.6) is 0 Å². The Balaban J connectivity index is 2.27. The molecular formula is C25H32Br2N2. The van der Waals surface area contributed by atoms with Crippen molar-refractivity contribution in [3.8, 4) is 6.07 Å². The van der Waals surface area contributed by atoms with Gasteiger partial charge in [-0.1, -0.05) is 82.1 Å². The Hall–Kier alpha value is -1.15. The fourth-order valence-electron chi connectivity index (χ4n) is 4.11. The first-order valence-electron chi connectivity index (χ1n) is 10.4. The van der Waals surface area contributed by atoms with Crippen molar-refractivity contribution < 1.29 is 0 Å². The zero-order valence-electron chi connectivity index (χ0n) is 18.1. The molecule has 0 radical (unpaired) electrons. The van der Waals surface area contributed by atoms with Gasteiger partial charge in [0.1, 0.15) is 0 Å². The molecule has 2 nitrogen and oxygen atoms in total. The molecule has 0 spiro atoms. The van der Waals surface area contributed by atoms with Gasteiger partial charge >= 0.3 is 0 Å². The van der Waals surface area contributed by atoms with Gasteiger partial charge in [-0.25, -0.2) is 0 Å². The van der Waals surface area contributed by atoms with Crippen LogP contribution in [-0.4, -0.2) is 17.0 Å². The molecule has 0 saturated heterocycles. The van der Waals surface area contributed by atoms with Crippen molar-refractivity contribution in [3.05, 3.63) is 68.6 Å². The van der Waals surface area contributed by atoms with E-state index < -0.39 is 5.41 Å². The third-order valence-electron chi connectivity index (χ3n) is 5.99. The average molecular weight is 520 g/mol. The van der Waals surface area contributed by atoms with Gasteiger partial charge in [0.2, 0.25) is 0 Å². The van der Waals surface area contributed by atoms with Gasteiger partial charge in [-0.2, -0.15) is 5.26 Å². The highest BCUT2D eigenvalue weighted by molar-refractivity contribution is 9.11. The number of hydrogen-bond donors (Lipinski definition) is 0. The van der Waals surface area contributed by atoms with Gasteiger partial charge in [0.15, 0.2) is 0 Å². The molecule has 0 fully saturated rings. The van der Waals surface area contributed by atoms with E-state index in [0.29, 0.717) is 12.1 Å². The van der Waals surface area contributed by atoms with Crippen molar-refractivity contribution in [1.82, 2.24) is 4.90 Å². The Bertz CT molecular complexity index is 806. The standard InChI is InChI=1S/C25H32Br2N2/c1-18(2)25(17-28,24-22(26)12-9-13-23(24)27)15-14-20(5)29(19(3)4)16-21-10-7-6-8-11-21/h6-13,18-20H,14-16H2,1-5H3. The Morgan fingerprint density at radius 2 is 1.52 bits per heavy atom. The van der Waals surface area contributed by atoms with Crippen LogP contribution in [0.1, 0.15) is 58.6 Å². The first-order chi connectivity index (χ1) is 13.7. The lowest BCUT2D eigenvalue weighted by Crippen LogP contribution is -2.40. The highest BCUT2D eigenvalue weighted by atomic mass is 79.9. The summed E-state index contributed by atoms with van der Waals surface area (Å²) in [4.78, 5) is 2.53. The minimum atomic E-state index is -0.539. The van der Waals surface area contributed by atoms with E-state index in [2.05, 4.69) is 108 Å². The predicted octanol–water partition coefficient (Wildman–Crippen LogP) is 7.71. The summed E-state index contributed by atoms with van der Waals surface area (Å²) in [5, 5.41) is 10.3. The first kappa shape index (κ1) is 24.1. The summed E-state index contributed by atoms with van der Waals surface area (Å²) in [6, 6.07) is 20.2. The fourth-order valence-corrected chi connectivity index (χ4v) is 5.82. The van der Waals surface area contributed by atoms with Crippen LogP contribution in [0.3, 0.4) is 0 Å². The third-order valence-corrected chi connectivity index (χ3v) is 7.31. The largest absolute Gasteiger partial charge is 0.294 e. The quantitative estimate of drug-likeness (QED) is 0.339. The molecule has 2 rings (SSSR count). The summed E-state index contributed by atoms with van der Waals surface area (Å²) in [7, 11) is 0. The SMILES string of the molecule is CC(C)N(Cc1ccccc1)C(C)CCC(C#N)(c1c(Br)cccc1Br)C(C)C. The molecule has 156 valence electrons. The molecule has 0 amide bonds. The molecule has 0 heterocycles. The normalized spacial score (nSPS) is 14.8. The Labute approximate surface area is 193 Å². The van der Waals surface area contributed by atoms with E-state index in [1.165, 1.54) is 5.56 Å². The molecule has 0 saturated carbocycles. The second kappa shape index (κ2) is 10.8. The van der Waals surface area contributed by atoms with Crippen LogP contribution < -0.4 is 0 Å². The van der Waals surface area contributed by atoms with Crippen LogP contribution in [0.2, 0.25) is 0 Å². The number of halogens is 2. The Morgan fingerprint density at radius 1 is 0.931 bits per heavy atom. The molecule has 0 aliphatic rings. The molecule has 0 bridgehead atoms. The monoisotopic (exact) mass is 518 g/mol. The van der Waals surface area contributed by atoms with Crippen LogP contribution in [0.25, 0.3) is 0 Å². The third kappa shape index (κ3) is 5.72. The lowest BCUT2D eigenvalue weighted by atomic mass is 9.69.